The first-order valence-corrected chi connectivity index (χ1v) is 22.6. The molecule has 3 amide bonds. The second-order valence-corrected chi connectivity index (χ2v) is 17.5. The van der Waals surface area contributed by atoms with Gasteiger partial charge in [0.05, 0.1) is 58.5 Å². The zero-order valence-corrected chi connectivity index (χ0v) is 36.0. The molecule has 0 aromatic heterocycles. The number of amides is 3. The molecule has 328 valence electrons. The van der Waals surface area contributed by atoms with Crippen LogP contribution in [0, 0.1) is 17.3 Å². The van der Waals surface area contributed by atoms with Crippen LogP contribution in [-0.2, 0) is 43.8 Å². The molecule has 0 heterocycles. The van der Waals surface area contributed by atoms with Crippen molar-refractivity contribution in [3.63, 3.8) is 0 Å². The first-order valence-electron chi connectivity index (χ1n) is 21.2. The molecule has 15 nitrogen and oxygen atoms in total. The van der Waals surface area contributed by atoms with Gasteiger partial charge in [-0.25, -0.2) is 4.57 Å². The number of ether oxygens (including phenoxy) is 4. The number of primary amides is 1. The van der Waals surface area contributed by atoms with E-state index in [2.05, 4.69) is 37.5 Å². The molecule has 0 aliphatic heterocycles. The van der Waals surface area contributed by atoms with Crippen molar-refractivity contribution in [2.24, 2.45) is 23.0 Å². The van der Waals surface area contributed by atoms with Gasteiger partial charge in [0.1, 0.15) is 23.7 Å². The number of nitrogens with one attached hydrogen (secondary N) is 2. The standard InChI is InChI=1S/C43H64N3O12P/c1-5-7-21-56-59(51,57-22-8-6-2)58-30-10-12-31-29(27-30)9-11-33-32(31)17-19-43(3)34(33)13-16-37(43)55-23-18-38(47)45-20-24-53-25-26-54-28-39(48)46-35-14-15-36(52-4)40(41(35)49)42(44)50/h10,12,14-15,27,32-34,37,49H,5-9,11,13,16-26,28H2,1-4H3,(H2,44,50)(H,45,47)(H,46,48)/t32?,33?,34?,37-,43?/m1/s1. The average Bonchev–Trinajstić information content (AvgIpc) is 3.55. The van der Waals surface area contributed by atoms with E-state index < -0.39 is 25.4 Å². The van der Waals surface area contributed by atoms with Crippen molar-refractivity contribution in [1.29, 1.82) is 0 Å². The predicted octanol–water partition coefficient (Wildman–Crippen LogP) is 7.04. The maximum absolute atomic E-state index is 13.5. The summed E-state index contributed by atoms with van der Waals surface area (Å²) in [5.41, 5.74) is 7.78. The van der Waals surface area contributed by atoms with E-state index in [1.54, 1.807) is 0 Å². The fraction of sp³-hybridized carbons (Fsp3) is 0.651. The highest BCUT2D eigenvalue weighted by Crippen LogP contribution is 2.62. The monoisotopic (exact) mass is 845 g/mol. The summed E-state index contributed by atoms with van der Waals surface area (Å²) < 4.78 is 53.1. The SMILES string of the molecule is CCCCOP(=O)(OCCCC)Oc1ccc2c(c1)CCC1C2CCC2(C)C1CC[C@H]2OCCC(=O)NCCOCCOCC(=O)Nc1ccc(OC)c(C(N)=O)c1O. The molecule has 0 bridgehead atoms. The van der Waals surface area contributed by atoms with Crippen LogP contribution < -0.4 is 25.6 Å². The largest absolute Gasteiger partial charge is 0.530 e. The number of methoxy groups -OCH3 is 1. The molecule has 5 rings (SSSR count). The van der Waals surface area contributed by atoms with E-state index >= 15 is 0 Å². The van der Waals surface area contributed by atoms with Gasteiger partial charge in [-0.05, 0) is 110 Å². The molecule has 0 saturated heterocycles. The molecule has 5 N–H and O–H groups in total. The van der Waals surface area contributed by atoms with Gasteiger partial charge in [-0.1, -0.05) is 39.7 Å². The Morgan fingerprint density at radius 1 is 0.915 bits per heavy atom. The van der Waals surface area contributed by atoms with Crippen LogP contribution in [0.25, 0.3) is 0 Å². The van der Waals surface area contributed by atoms with E-state index in [0.29, 0.717) is 49.9 Å². The van der Waals surface area contributed by atoms with Gasteiger partial charge >= 0.3 is 7.82 Å². The zero-order chi connectivity index (χ0) is 42.4. The number of nitrogens with two attached hydrogens (primary N) is 1. The molecule has 2 aromatic rings. The minimum atomic E-state index is -3.72. The molecule has 0 spiro atoms. The molecule has 4 unspecified atom stereocenters. The normalized spacial score (nSPS) is 22.2. The number of benzene rings is 2. The average molecular weight is 846 g/mol. The highest BCUT2D eigenvalue weighted by molar-refractivity contribution is 7.48. The molecular weight excluding hydrogens is 781 g/mol. The van der Waals surface area contributed by atoms with Crippen LogP contribution in [-0.4, -0.2) is 88.8 Å². The summed E-state index contributed by atoms with van der Waals surface area (Å²) in [6.45, 7) is 8.18. The molecule has 2 fully saturated rings. The number of aryl methyl sites for hydroxylation is 1. The van der Waals surface area contributed by atoms with Crippen LogP contribution in [0.1, 0.15) is 112 Å². The fourth-order valence-electron chi connectivity index (χ4n) is 9.00. The molecule has 2 aromatic carbocycles. The number of phosphoric ester groups is 1. The van der Waals surface area contributed by atoms with E-state index in [-0.39, 0.29) is 67.3 Å². The number of hydrogen-bond acceptors (Lipinski definition) is 12. The third kappa shape index (κ3) is 12.2. The molecule has 16 heteroatoms. The van der Waals surface area contributed by atoms with Crippen LogP contribution in [0.15, 0.2) is 30.3 Å². The summed E-state index contributed by atoms with van der Waals surface area (Å²) >= 11 is 0. The first kappa shape index (κ1) is 46.3. The summed E-state index contributed by atoms with van der Waals surface area (Å²) in [5.74, 6) is 0.182. The van der Waals surface area contributed by atoms with Crippen molar-refractivity contribution in [1.82, 2.24) is 5.32 Å². The number of aromatic hydroxyl groups is 1. The fourth-order valence-corrected chi connectivity index (χ4v) is 10.3. The smallest absolute Gasteiger partial charge is 0.505 e. The third-order valence-electron chi connectivity index (χ3n) is 12.0. The van der Waals surface area contributed by atoms with Crippen LogP contribution in [0.4, 0.5) is 5.69 Å². The Morgan fingerprint density at radius 3 is 2.37 bits per heavy atom. The van der Waals surface area contributed by atoms with Crippen molar-refractivity contribution in [3.8, 4) is 17.2 Å². The number of rotatable bonds is 25. The van der Waals surface area contributed by atoms with E-state index in [4.69, 9.17) is 38.3 Å². The van der Waals surface area contributed by atoms with E-state index in [9.17, 15) is 24.1 Å². The number of fused-ring (bicyclic) bond motifs is 5. The van der Waals surface area contributed by atoms with E-state index in [0.717, 1.165) is 64.2 Å². The Kier molecular flexibility index (Phi) is 17.5. The van der Waals surface area contributed by atoms with Gasteiger partial charge in [-0.3, -0.25) is 23.4 Å². The lowest BCUT2D eigenvalue weighted by molar-refractivity contribution is -0.124. The number of phosphoric acid groups is 1. The van der Waals surface area contributed by atoms with Gasteiger partial charge < -0.3 is 44.9 Å². The van der Waals surface area contributed by atoms with Crippen LogP contribution in [0.5, 0.6) is 17.2 Å². The quantitative estimate of drug-likeness (QED) is 0.0452. The topological polar surface area (TPSA) is 203 Å². The summed E-state index contributed by atoms with van der Waals surface area (Å²) in [5, 5.41) is 15.7. The Morgan fingerprint density at radius 2 is 1.66 bits per heavy atom. The number of phenols is 1. The number of carbonyl (C=O) groups is 3. The predicted molar refractivity (Wildman–Crippen MR) is 222 cm³/mol. The first-order chi connectivity index (χ1) is 28.4. The molecular formula is C43H64N3O12P. The van der Waals surface area contributed by atoms with Gasteiger partial charge in [0.25, 0.3) is 5.91 Å². The maximum atomic E-state index is 13.5. The van der Waals surface area contributed by atoms with Crippen molar-refractivity contribution in [2.75, 3.05) is 65.2 Å². The molecule has 5 atom stereocenters. The maximum Gasteiger partial charge on any atom is 0.530 e. The van der Waals surface area contributed by atoms with Crippen molar-refractivity contribution < 1.29 is 56.6 Å². The number of carbonyl (C=O) groups excluding carboxylic acids is 3. The number of hydrogen-bond donors (Lipinski definition) is 4. The summed E-state index contributed by atoms with van der Waals surface area (Å²) in [6, 6.07) is 8.93. The summed E-state index contributed by atoms with van der Waals surface area (Å²) in [7, 11) is -2.38. The molecule has 3 aliphatic rings. The second-order valence-electron chi connectivity index (χ2n) is 15.9. The van der Waals surface area contributed by atoms with Crippen LogP contribution >= 0.6 is 7.82 Å². The van der Waals surface area contributed by atoms with E-state index in [1.807, 2.05) is 12.1 Å². The Labute approximate surface area is 348 Å². The molecule has 3 aliphatic carbocycles. The second kappa shape index (κ2) is 22.2. The summed E-state index contributed by atoms with van der Waals surface area (Å²) in [4.78, 5) is 36.5. The minimum absolute atomic E-state index is 0.00123. The van der Waals surface area contributed by atoms with Gasteiger partial charge in [-0.2, -0.15) is 0 Å². The number of anilines is 1. The number of unbranched alkanes of at least 4 members (excludes halogenated alkanes) is 2. The molecule has 0 radical (unpaired) electrons. The highest BCUT2D eigenvalue weighted by atomic mass is 31.2. The Bertz CT molecular complexity index is 1760. The lowest BCUT2D eigenvalue weighted by Gasteiger charge is -2.50. The Hall–Kier alpha value is -3.72. The Balaban J connectivity index is 0.977. The lowest BCUT2D eigenvalue weighted by atomic mass is 9.55. The third-order valence-corrected chi connectivity index (χ3v) is 13.5. The molecule has 2 saturated carbocycles. The van der Waals surface area contributed by atoms with Gasteiger partial charge in [0, 0.05) is 13.0 Å². The van der Waals surface area contributed by atoms with Crippen molar-refractivity contribution >= 4 is 31.2 Å². The van der Waals surface area contributed by atoms with Crippen LogP contribution in [0.2, 0.25) is 0 Å². The van der Waals surface area contributed by atoms with Crippen molar-refractivity contribution in [3.05, 3.63) is 47.0 Å². The van der Waals surface area contributed by atoms with Gasteiger partial charge in [0.15, 0.2) is 5.75 Å². The van der Waals surface area contributed by atoms with E-state index in [1.165, 1.54) is 30.4 Å². The van der Waals surface area contributed by atoms with Crippen molar-refractivity contribution in [2.45, 2.75) is 103 Å². The summed E-state index contributed by atoms with van der Waals surface area (Å²) in [6.07, 6.45) is 10.1. The highest BCUT2D eigenvalue weighted by Gasteiger charge is 2.55. The lowest BCUT2D eigenvalue weighted by Crippen LogP contribution is -2.45. The molecule has 59 heavy (non-hydrogen) atoms. The van der Waals surface area contributed by atoms with Crippen LogP contribution in [0.3, 0.4) is 0 Å². The minimum Gasteiger partial charge on any atom is -0.505 e. The van der Waals surface area contributed by atoms with Gasteiger partial charge in [-0.15, -0.1) is 0 Å². The zero-order valence-electron chi connectivity index (χ0n) is 35.1. The van der Waals surface area contributed by atoms with Gasteiger partial charge in [0.2, 0.25) is 11.8 Å².